The van der Waals surface area contributed by atoms with Crippen molar-refractivity contribution in [2.45, 2.75) is 25.8 Å². The molecule has 2 aromatic rings. The molecule has 6 nitrogen and oxygen atoms in total. The predicted molar refractivity (Wildman–Crippen MR) is 104 cm³/mol. The number of carbonyl (C=O) groups is 2. The van der Waals surface area contributed by atoms with Crippen LogP contribution in [0.25, 0.3) is 0 Å². The molecule has 2 unspecified atom stereocenters. The Morgan fingerprint density at radius 3 is 2.67 bits per heavy atom. The van der Waals surface area contributed by atoms with Gasteiger partial charge in [0.2, 0.25) is 5.91 Å². The molecule has 3 rings (SSSR count). The fraction of sp³-hybridized carbons (Fsp3) is 0.381. The molecule has 1 aliphatic rings. The van der Waals surface area contributed by atoms with Crippen molar-refractivity contribution in [2.24, 2.45) is 11.1 Å². The number of hydrogen-bond donors (Lipinski definition) is 2. The number of hydrogen-bond acceptors (Lipinski definition) is 4. The molecule has 2 atom stereocenters. The van der Waals surface area contributed by atoms with E-state index in [0.717, 1.165) is 12.0 Å². The van der Waals surface area contributed by atoms with Gasteiger partial charge in [-0.1, -0.05) is 37.3 Å². The van der Waals surface area contributed by atoms with Gasteiger partial charge in [0.05, 0.1) is 5.56 Å². The minimum absolute atomic E-state index is 0.0552. The van der Waals surface area contributed by atoms with Crippen LogP contribution in [0.15, 0.2) is 54.9 Å². The van der Waals surface area contributed by atoms with E-state index in [-0.39, 0.29) is 17.2 Å². The van der Waals surface area contributed by atoms with Gasteiger partial charge in [-0.2, -0.15) is 0 Å². The van der Waals surface area contributed by atoms with Crippen LogP contribution in [0.3, 0.4) is 0 Å². The van der Waals surface area contributed by atoms with Crippen LogP contribution in [0, 0.1) is 5.41 Å². The number of rotatable bonds is 6. The number of nitrogens with one attached hydrogen (secondary N) is 1. The molecule has 1 saturated heterocycles. The summed E-state index contributed by atoms with van der Waals surface area (Å²) in [7, 11) is 0. The van der Waals surface area contributed by atoms with Crippen molar-refractivity contribution in [3.05, 3.63) is 66.0 Å². The van der Waals surface area contributed by atoms with Crippen molar-refractivity contribution in [1.82, 2.24) is 15.2 Å². The van der Waals surface area contributed by atoms with Crippen molar-refractivity contribution in [1.29, 1.82) is 0 Å². The van der Waals surface area contributed by atoms with Crippen LogP contribution in [-0.2, 0) is 11.2 Å². The number of carbonyl (C=O) groups excluding carboxylic acids is 2. The van der Waals surface area contributed by atoms with Crippen LogP contribution in [0.2, 0.25) is 0 Å². The second-order valence-electron chi connectivity index (χ2n) is 7.48. The van der Waals surface area contributed by atoms with E-state index in [1.165, 1.54) is 6.20 Å². The van der Waals surface area contributed by atoms with E-state index < -0.39 is 6.04 Å². The third-order valence-electron chi connectivity index (χ3n) is 5.17. The molecule has 1 aliphatic heterocycles. The van der Waals surface area contributed by atoms with Gasteiger partial charge in [-0.15, -0.1) is 0 Å². The summed E-state index contributed by atoms with van der Waals surface area (Å²) in [5.41, 5.74) is 7.26. The fourth-order valence-corrected chi connectivity index (χ4v) is 3.39. The molecule has 2 amide bonds. The van der Waals surface area contributed by atoms with Gasteiger partial charge in [0.1, 0.15) is 6.04 Å². The summed E-state index contributed by atoms with van der Waals surface area (Å²) in [5, 5.41) is 2.90. The molecular weight excluding hydrogens is 340 g/mol. The fourth-order valence-electron chi connectivity index (χ4n) is 3.39. The smallest absolute Gasteiger partial charge is 0.253 e. The lowest BCUT2D eigenvalue weighted by atomic mass is 9.90. The Balaban J connectivity index is 1.77. The SMILES string of the molecule is CC1(CN)CCN(C(=O)C(Cc2ccccc2)NC(=O)c2cccnc2)C1. The monoisotopic (exact) mass is 366 g/mol. The predicted octanol–water partition coefficient (Wildman–Crippen LogP) is 1.62. The van der Waals surface area contributed by atoms with Crippen LogP contribution in [-0.4, -0.2) is 47.4 Å². The molecule has 0 aliphatic carbocycles. The van der Waals surface area contributed by atoms with E-state index in [0.29, 0.717) is 31.6 Å². The maximum absolute atomic E-state index is 13.2. The van der Waals surface area contributed by atoms with E-state index in [1.807, 2.05) is 35.2 Å². The van der Waals surface area contributed by atoms with Gasteiger partial charge in [-0.25, -0.2) is 0 Å². The molecule has 0 radical (unpaired) electrons. The molecule has 3 N–H and O–H groups in total. The molecule has 0 spiro atoms. The first-order valence-corrected chi connectivity index (χ1v) is 9.24. The standard InChI is InChI=1S/C21H26N4O2/c1-21(14-22)9-11-25(15-21)20(27)18(12-16-6-3-2-4-7-16)24-19(26)17-8-5-10-23-13-17/h2-8,10,13,18H,9,11-12,14-15,22H2,1H3,(H,24,26). The minimum Gasteiger partial charge on any atom is -0.340 e. The number of nitrogens with two attached hydrogens (primary N) is 1. The van der Waals surface area contributed by atoms with E-state index in [1.54, 1.807) is 18.3 Å². The van der Waals surface area contributed by atoms with E-state index >= 15 is 0 Å². The van der Waals surface area contributed by atoms with Crippen LogP contribution in [0.1, 0.15) is 29.3 Å². The van der Waals surface area contributed by atoms with Crippen LogP contribution >= 0.6 is 0 Å². The minimum atomic E-state index is -0.625. The number of benzene rings is 1. The summed E-state index contributed by atoms with van der Waals surface area (Å²) in [5.74, 6) is -0.355. The van der Waals surface area contributed by atoms with Crippen LogP contribution in [0.4, 0.5) is 0 Å². The number of pyridine rings is 1. The van der Waals surface area contributed by atoms with Crippen molar-refractivity contribution >= 4 is 11.8 Å². The molecule has 1 aromatic carbocycles. The second-order valence-corrected chi connectivity index (χ2v) is 7.48. The zero-order chi connectivity index (χ0) is 19.3. The first kappa shape index (κ1) is 19.0. The van der Waals surface area contributed by atoms with Gasteiger partial charge < -0.3 is 16.0 Å². The van der Waals surface area contributed by atoms with Gasteiger partial charge in [0.25, 0.3) is 5.91 Å². The molecule has 6 heteroatoms. The highest BCUT2D eigenvalue weighted by molar-refractivity contribution is 5.97. The largest absolute Gasteiger partial charge is 0.340 e. The lowest BCUT2D eigenvalue weighted by Gasteiger charge is -2.27. The summed E-state index contributed by atoms with van der Waals surface area (Å²) in [6.07, 6.45) is 4.44. The quantitative estimate of drug-likeness (QED) is 0.813. The molecule has 1 fully saturated rings. The van der Waals surface area contributed by atoms with Crippen molar-refractivity contribution in [3.63, 3.8) is 0 Å². The third-order valence-corrected chi connectivity index (χ3v) is 5.17. The average Bonchev–Trinajstić information content (AvgIpc) is 3.11. The van der Waals surface area contributed by atoms with E-state index in [4.69, 9.17) is 5.73 Å². The molecule has 2 heterocycles. The maximum atomic E-state index is 13.2. The van der Waals surface area contributed by atoms with Crippen molar-refractivity contribution in [2.75, 3.05) is 19.6 Å². The summed E-state index contributed by atoms with van der Waals surface area (Å²) < 4.78 is 0. The molecule has 0 saturated carbocycles. The highest BCUT2D eigenvalue weighted by atomic mass is 16.2. The molecular formula is C21H26N4O2. The topological polar surface area (TPSA) is 88.3 Å². The van der Waals surface area contributed by atoms with E-state index in [9.17, 15) is 9.59 Å². The lowest BCUT2D eigenvalue weighted by Crippen LogP contribution is -2.49. The molecule has 1 aromatic heterocycles. The Hall–Kier alpha value is -2.73. The Morgan fingerprint density at radius 1 is 1.26 bits per heavy atom. The summed E-state index contributed by atoms with van der Waals surface area (Å²) in [6.45, 7) is 3.93. The average molecular weight is 366 g/mol. The van der Waals surface area contributed by atoms with Gasteiger partial charge in [0.15, 0.2) is 0 Å². The van der Waals surface area contributed by atoms with Crippen LogP contribution in [0.5, 0.6) is 0 Å². The Bertz CT molecular complexity index is 781. The van der Waals surface area contributed by atoms with Gasteiger partial charge in [0, 0.05) is 31.9 Å². The number of nitrogens with zero attached hydrogens (tertiary/aromatic N) is 2. The summed E-state index contributed by atoms with van der Waals surface area (Å²) in [4.78, 5) is 31.6. The zero-order valence-electron chi connectivity index (χ0n) is 15.6. The Kier molecular flexibility index (Phi) is 5.86. The Labute approximate surface area is 159 Å². The maximum Gasteiger partial charge on any atom is 0.253 e. The highest BCUT2D eigenvalue weighted by Crippen LogP contribution is 2.29. The summed E-state index contributed by atoms with van der Waals surface area (Å²) in [6, 6.07) is 12.5. The van der Waals surface area contributed by atoms with Gasteiger partial charge in [-0.05, 0) is 36.1 Å². The molecule has 0 bridgehead atoms. The molecule has 142 valence electrons. The highest BCUT2D eigenvalue weighted by Gasteiger charge is 2.37. The third kappa shape index (κ3) is 4.71. The first-order chi connectivity index (χ1) is 13.0. The zero-order valence-corrected chi connectivity index (χ0v) is 15.6. The van der Waals surface area contributed by atoms with Gasteiger partial charge in [-0.3, -0.25) is 14.6 Å². The normalized spacial score (nSPS) is 20.3. The van der Waals surface area contributed by atoms with E-state index in [2.05, 4.69) is 17.2 Å². The number of likely N-dealkylation sites (tertiary alicyclic amines) is 1. The lowest BCUT2D eigenvalue weighted by molar-refractivity contribution is -0.132. The first-order valence-electron chi connectivity index (χ1n) is 9.24. The second kappa shape index (κ2) is 8.31. The summed E-state index contributed by atoms with van der Waals surface area (Å²) >= 11 is 0. The van der Waals surface area contributed by atoms with Crippen molar-refractivity contribution in [3.8, 4) is 0 Å². The Morgan fingerprint density at radius 2 is 2.04 bits per heavy atom. The van der Waals surface area contributed by atoms with Crippen LogP contribution < -0.4 is 11.1 Å². The molecule has 27 heavy (non-hydrogen) atoms. The number of aromatic nitrogens is 1. The van der Waals surface area contributed by atoms with Crippen molar-refractivity contribution < 1.29 is 9.59 Å². The van der Waals surface area contributed by atoms with Gasteiger partial charge >= 0.3 is 0 Å². The number of amides is 2.